The highest BCUT2D eigenvalue weighted by Gasteiger charge is 2.43. The van der Waals surface area contributed by atoms with Gasteiger partial charge in [0.25, 0.3) is 0 Å². The van der Waals surface area contributed by atoms with Gasteiger partial charge < -0.3 is 0 Å². The summed E-state index contributed by atoms with van der Waals surface area (Å²) < 4.78 is 76.4. The molecular weight excluding hydrogens is 320 g/mol. The van der Waals surface area contributed by atoms with Gasteiger partial charge in [0, 0.05) is 10.8 Å². The van der Waals surface area contributed by atoms with Crippen LogP contribution in [0.1, 0.15) is 0 Å². The Bertz CT molecular complexity index is 616. The van der Waals surface area contributed by atoms with E-state index in [0.29, 0.717) is 10.8 Å². The molecule has 0 aromatic carbocycles. The Hall–Kier alpha value is -0.750. The molecule has 0 aromatic rings. The quantitative estimate of drug-likeness (QED) is 0.615. The summed E-state index contributed by atoms with van der Waals surface area (Å²) in [7, 11) is -12.0. The molecule has 2 atom stereocenters. The molecule has 1 heterocycles. The van der Waals surface area contributed by atoms with Crippen molar-refractivity contribution >= 4 is 30.1 Å². The average molecular weight is 332 g/mol. The van der Waals surface area contributed by atoms with E-state index in [1.165, 1.54) is 0 Å². The predicted octanol–water partition coefficient (Wildman–Crippen LogP) is -0.868. The molecule has 1 rings (SSSR count). The predicted molar refractivity (Wildman–Crippen MR) is 66.6 cm³/mol. The fourth-order valence-corrected chi connectivity index (χ4v) is 4.27. The molecule has 1 aliphatic rings. The van der Waals surface area contributed by atoms with Gasteiger partial charge >= 0.3 is 10.4 Å². The number of rotatable bonds is 6. The van der Waals surface area contributed by atoms with E-state index in [1.54, 1.807) is 0 Å². The molecule has 0 aliphatic carbocycles. The van der Waals surface area contributed by atoms with Crippen molar-refractivity contribution in [1.29, 1.82) is 0 Å². The van der Waals surface area contributed by atoms with Gasteiger partial charge in [0.1, 0.15) is 12.2 Å². The van der Waals surface area contributed by atoms with Crippen molar-refractivity contribution < 1.29 is 33.6 Å². The summed E-state index contributed by atoms with van der Waals surface area (Å²) in [6.45, 7) is 6.12. The van der Waals surface area contributed by atoms with Crippen molar-refractivity contribution in [2.75, 3.05) is 11.5 Å². The Morgan fingerprint density at radius 1 is 0.895 bits per heavy atom. The SMILES string of the molecule is C=CS(=O)(=O)CC1OS(=O)(=O)OC1CS(=O)(=O)C=C. The van der Waals surface area contributed by atoms with E-state index in [9.17, 15) is 25.3 Å². The van der Waals surface area contributed by atoms with Gasteiger partial charge in [-0.25, -0.2) is 25.2 Å². The van der Waals surface area contributed by atoms with Gasteiger partial charge in [-0.2, -0.15) is 8.42 Å². The van der Waals surface area contributed by atoms with Crippen LogP contribution >= 0.6 is 0 Å². The highest BCUT2D eigenvalue weighted by Crippen LogP contribution is 2.24. The van der Waals surface area contributed by atoms with Gasteiger partial charge in [0.15, 0.2) is 19.7 Å². The van der Waals surface area contributed by atoms with Crippen LogP contribution in [-0.4, -0.2) is 49.0 Å². The number of hydrogen-bond donors (Lipinski definition) is 0. The summed E-state index contributed by atoms with van der Waals surface area (Å²) in [6.07, 6.45) is -2.88. The third-order valence-electron chi connectivity index (χ3n) is 2.20. The lowest BCUT2D eigenvalue weighted by Crippen LogP contribution is -2.34. The van der Waals surface area contributed by atoms with Gasteiger partial charge in [-0.3, -0.25) is 0 Å². The lowest BCUT2D eigenvalue weighted by Gasteiger charge is -2.12. The number of hydrogen-bond acceptors (Lipinski definition) is 8. The Labute approximate surface area is 111 Å². The van der Waals surface area contributed by atoms with Crippen LogP contribution in [0.4, 0.5) is 0 Å². The molecule has 0 spiro atoms. The van der Waals surface area contributed by atoms with Crippen LogP contribution in [0.25, 0.3) is 0 Å². The molecule has 2 unspecified atom stereocenters. The van der Waals surface area contributed by atoms with Crippen molar-refractivity contribution in [3.63, 3.8) is 0 Å². The summed E-state index contributed by atoms with van der Waals surface area (Å²) in [4.78, 5) is 0. The smallest absolute Gasteiger partial charge is 0.241 e. The summed E-state index contributed by atoms with van der Waals surface area (Å²) in [5.41, 5.74) is 0. The topological polar surface area (TPSA) is 121 Å². The van der Waals surface area contributed by atoms with Gasteiger partial charge in [0.05, 0.1) is 11.5 Å². The standard InChI is InChI=1S/C8H12O8S3/c1-3-17(9,10)5-7-8(6-18(11,12)4-2)16-19(13,14)15-7/h3-4,7-8H,1-2,5-6H2. The van der Waals surface area contributed by atoms with Crippen LogP contribution in [0.3, 0.4) is 0 Å². The molecule has 0 aromatic heterocycles. The molecule has 19 heavy (non-hydrogen) atoms. The zero-order valence-electron chi connectivity index (χ0n) is 9.63. The van der Waals surface area contributed by atoms with E-state index < -0.39 is 53.8 Å². The molecule has 8 nitrogen and oxygen atoms in total. The van der Waals surface area contributed by atoms with E-state index in [2.05, 4.69) is 21.5 Å². The van der Waals surface area contributed by atoms with Gasteiger partial charge in [-0.15, -0.1) is 0 Å². The van der Waals surface area contributed by atoms with E-state index >= 15 is 0 Å². The number of sulfone groups is 2. The molecule has 1 saturated heterocycles. The Morgan fingerprint density at radius 3 is 1.47 bits per heavy atom. The minimum absolute atomic E-state index is 0.625. The molecule has 1 fully saturated rings. The Kier molecular flexibility index (Phi) is 4.57. The van der Waals surface area contributed by atoms with Gasteiger partial charge in [-0.05, 0) is 0 Å². The second kappa shape index (κ2) is 5.32. The lowest BCUT2D eigenvalue weighted by molar-refractivity contribution is 0.191. The molecule has 0 bridgehead atoms. The monoisotopic (exact) mass is 332 g/mol. The molecule has 0 N–H and O–H groups in total. The first-order chi connectivity index (χ1) is 8.50. The molecule has 0 radical (unpaired) electrons. The second-order valence-corrected chi connectivity index (χ2v) is 8.86. The van der Waals surface area contributed by atoms with E-state index in [0.717, 1.165) is 0 Å². The maximum atomic E-state index is 11.3. The van der Waals surface area contributed by atoms with E-state index in [4.69, 9.17) is 0 Å². The van der Waals surface area contributed by atoms with Crippen molar-refractivity contribution in [2.24, 2.45) is 0 Å². The summed E-state index contributed by atoms with van der Waals surface area (Å²) in [5.74, 6) is -1.49. The highest BCUT2D eigenvalue weighted by molar-refractivity contribution is 7.94. The van der Waals surface area contributed by atoms with Crippen LogP contribution < -0.4 is 0 Å². The largest absolute Gasteiger partial charge is 0.400 e. The zero-order valence-corrected chi connectivity index (χ0v) is 12.1. The van der Waals surface area contributed by atoms with Crippen LogP contribution in [0.2, 0.25) is 0 Å². The van der Waals surface area contributed by atoms with Crippen LogP contribution in [0.5, 0.6) is 0 Å². The first-order valence-electron chi connectivity index (χ1n) is 4.82. The maximum Gasteiger partial charge on any atom is 0.400 e. The van der Waals surface area contributed by atoms with Crippen molar-refractivity contribution in [2.45, 2.75) is 12.2 Å². The maximum absolute atomic E-state index is 11.3. The van der Waals surface area contributed by atoms with Crippen molar-refractivity contribution in [1.82, 2.24) is 0 Å². The third kappa shape index (κ3) is 4.69. The van der Waals surface area contributed by atoms with E-state index in [1.807, 2.05) is 0 Å². The second-order valence-electron chi connectivity index (χ2n) is 3.67. The Morgan fingerprint density at radius 2 is 1.21 bits per heavy atom. The van der Waals surface area contributed by atoms with Crippen molar-refractivity contribution in [3.05, 3.63) is 24.0 Å². The van der Waals surface area contributed by atoms with E-state index in [-0.39, 0.29) is 0 Å². The molecule has 0 saturated carbocycles. The van der Waals surface area contributed by atoms with Crippen LogP contribution in [0.15, 0.2) is 24.0 Å². The molecule has 0 amide bonds. The first-order valence-corrected chi connectivity index (χ1v) is 9.58. The summed E-state index contributed by atoms with van der Waals surface area (Å²) >= 11 is 0. The van der Waals surface area contributed by atoms with Gasteiger partial charge in [0.2, 0.25) is 0 Å². The lowest BCUT2D eigenvalue weighted by atomic mass is 10.3. The molecular formula is C8H12O8S3. The average Bonchev–Trinajstić information content (AvgIpc) is 2.52. The summed E-state index contributed by atoms with van der Waals surface area (Å²) in [5, 5.41) is 1.25. The third-order valence-corrected chi connectivity index (χ3v) is 5.77. The molecule has 1 aliphatic heterocycles. The fraction of sp³-hybridized carbons (Fsp3) is 0.500. The van der Waals surface area contributed by atoms with Crippen LogP contribution in [0, 0.1) is 0 Å². The fourth-order valence-electron chi connectivity index (χ4n) is 1.31. The Balaban J connectivity index is 3.01. The minimum atomic E-state index is -4.40. The zero-order chi connectivity index (χ0) is 14.9. The van der Waals surface area contributed by atoms with Crippen molar-refractivity contribution in [3.8, 4) is 0 Å². The normalized spacial score (nSPS) is 26.9. The minimum Gasteiger partial charge on any atom is -0.241 e. The molecule has 11 heteroatoms. The first kappa shape index (κ1) is 16.3. The van der Waals surface area contributed by atoms with Crippen LogP contribution in [-0.2, 0) is 38.4 Å². The van der Waals surface area contributed by atoms with Gasteiger partial charge in [-0.1, -0.05) is 13.2 Å². The molecule has 110 valence electrons. The summed E-state index contributed by atoms with van der Waals surface area (Å²) in [6, 6.07) is 0. The highest BCUT2D eigenvalue weighted by atomic mass is 32.3.